The average molecular weight is 390 g/mol. The SMILES string of the molecule is COP(=O)(O)CN(C)c1ccc(C2OC(=O)c3cc(N(C)C)ccc32)cc1. The van der Waals surface area contributed by atoms with Crippen LogP contribution in [0, 0.1) is 0 Å². The molecule has 1 aliphatic heterocycles. The normalized spacial score (nSPS) is 17.8. The molecule has 0 saturated carbocycles. The van der Waals surface area contributed by atoms with Gasteiger partial charge >= 0.3 is 13.6 Å². The predicted octanol–water partition coefficient (Wildman–Crippen LogP) is 3.24. The van der Waals surface area contributed by atoms with Gasteiger partial charge in [-0.3, -0.25) is 4.57 Å². The van der Waals surface area contributed by atoms with Crippen LogP contribution >= 0.6 is 7.60 Å². The van der Waals surface area contributed by atoms with Gasteiger partial charge in [-0.1, -0.05) is 18.2 Å². The van der Waals surface area contributed by atoms with Crippen LogP contribution in [0.1, 0.15) is 27.6 Å². The van der Waals surface area contributed by atoms with E-state index in [2.05, 4.69) is 4.52 Å². The van der Waals surface area contributed by atoms with Crippen molar-refractivity contribution in [2.75, 3.05) is 44.3 Å². The summed E-state index contributed by atoms with van der Waals surface area (Å²) >= 11 is 0. The summed E-state index contributed by atoms with van der Waals surface area (Å²) in [5, 5.41) is 0. The summed E-state index contributed by atoms with van der Waals surface area (Å²) in [5.41, 5.74) is 3.96. The van der Waals surface area contributed by atoms with Crippen LogP contribution in [0.2, 0.25) is 0 Å². The molecule has 2 atom stereocenters. The Labute approximate surface area is 158 Å². The summed E-state index contributed by atoms with van der Waals surface area (Å²) in [6.07, 6.45) is -0.566. The molecule has 1 aliphatic rings. The molecule has 2 aromatic rings. The summed E-state index contributed by atoms with van der Waals surface area (Å²) in [6.45, 7) is 0. The minimum atomic E-state index is -3.64. The second kappa shape index (κ2) is 7.35. The van der Waals surface area contributed by atoms with Crippen LogP contribution < -0.4 is 9.80 Å². The third kappa shape index (κ3) is 4.00. The van der Waals surface area contributed by atoms with Gasteiger partial charge in [0.25, 0.3) is 0 Å². The van der Waals surface area contributed by atoms with Crippen LogP contribution in [-0.2, 0) is 13.8 Å². The zero-order valence-corrected chi connectivity index (χ0v) is 16.6. The van der Waals surface area contributed by atoms with E-state index in [0.29, 0.717) is 5.56 Å². The quantitative estimate of drug-likeness (QED) is 0.599. The minimum Gasteiger partial charge on any atom is -0.449 e. The van der Waals surface area contributed by atoms with Crippen LogP contribution in [0.4, 0.5) is 11.4 Å². The Morgan fingerprint density at radius 3 is 2.33 bits per heavy atom. The van der Waals surface area contributed by atoms with Gasteiger partial charge in [0.2, 0.25) is 0 Å². The molecule has 2 unspecified atom stereocenters. The van der Waals surface area contributed by atoms with Crippen LogP contribution in [-0.4, -0.2) is 45.4 Å². The Balaban J connectivity index is 1.83. The third-order valence-corrected chi connectivity index (χ3v) is 5.95. The molecule has 27 heavy (non-hydrogen) atoms. The Hall–Kier alpha value is -2.34. The van der Waals surface area contributed by atoms with Crippen LogP contribution in [0.5, 0.6) is 0 Å². The molecule has 0 radical (unpaired) electrons. The fraction of sp³-hybridized carbons (Fsp3) is 0.316. The van der Waals surface area contributed by atoms with Gasteiger partial charge in [-0.05, 0) is 29.8 Å². The average Bonchev–Trinajstić information content (AvgIpc) is 2.97. The summed E-state index contributed by atoms with van der Waals surface area (Å²) in [6, 6.07) is 13.1. The zero-order chi connectivity index (χ0) is 19.8. The number of hydrogen-bond acceptors (Lipinski definition) is 6. The molecule has 2 aromatic carbocycles. The molecule has 0 amide bonds. The molecular formula is C19H23N2O5P. The monoisotopic (exact) mass is 390 g/mol. The first-order valence-electron chi connectivity index (χ1n) is 8.43. The Morgan fingerprint density at radius 1 is 1.11 bits per heavy atom. The van der Waals surface area contributed by atoms with E-state index in [1.165, 1.54) is 7.11 Å². The standard InChI is InChI=1S/C19H23N2O5P/c1-20(2)15-9-10-16-17(11-15)19(22)26-18(16)13-5-7-14(8-6-13)21(3)12-27(23,24)25-4/h5-11,18H,12H2,1-4H3,(H,23,24). The third-order valence-electron chi connectivity index (χ3n) is 4.59. The molecule has 0 aromatic heterocycles. The molecule has 0 aliphatic carbocycles. The summed E-state index contributed by atoms with van der Waals surface area (Å²) in [4.78, 5) is 25.5. The van der Waals surface area contributed by atoms with Gasteiger partial charge < -0.3 is 24.0 Å². The first-order chi connectivity index (χ1) is 12.7. The highest BCUT2D eigenvalue weighted by atomic mass is 31.2. The maximum atomic E-state index is 12.3. The smallest absolute Gasteiger partial charge is 0.346 e. The van der Waals surface area contributed by atoms with E-state index >= 15 is 0 Å². The van der Waals surface area contributed by atoms with E-state index in [4.69, 9.17) is 4.74 Å². The molecular weight excluding hydrogens is 367 g/mol. The molecule has 0 saturated heterocycles. The number of carbonyl (C=O) groups is 1. The topological polar surface area (TPSA) is 79.3 Å². The van der Waals surface area contributed by atoms with E-state index in [1.807, 2.05) is 61.5 Å². The number of hydrogen-bond donors (Lipinski definition) is 1. The van der Waals surface area contributed by atoms with Crippen LogP contribution in [0.15, 0.2) is 42.5 Å². The van der Waals surface area contributed by atoms with Gasteiger partial charge in [0, 0.05) is 45.2 Å². The lowest BCUT2D eigenvalue weighted by Crippen LogP contribution is -2.19. The van der Waals surface area contributed by atoms with E-state index < -0.39 is 13.7 Å². The second-order valence-corrected chi connectivity index (χ2v) is 8.63. The van der Waals surface area contributed by atoms with Crippen molar-refractivity contribution in [2.24, 2.45) is 0 Å². The molecule has 3 rings (SSSR count). The molecule has 0 bridgehead atoms. The number of nitrogens with zero attached hydrogens (tertiary/aromatic N) is 2. The summed E-state index contributed by atoms with van der Waals surface area (Å²) < 4.78 is 21.9. The van der Waals surface area contributed by atoms with E-state index in [0.717, 1.165) is 22.5 Å². The van der Waals surface area contributed by atoms with Gasteiger partial charge in [0.05, 0.1) is 5.56 Å². The Morgan fingerprint density at radius 2 is 1.74 bits per heavy atom. The first kappa shape index (κ1) is 19.4. The Bertz CT molecular complexity index is 897. The number of rotatable bonds is 6. The van der Waals surface area contributed by atoms with Crippen molar-refractivity contribution in [1.29, 1.82) is 0 Å². The van der Waals surface area contributed by atoms with Gasteiger partial charge in [0.1, 0.15) is 6.29 Å². The van der Waals surface area contributed by atoms with Crippen molar-refractivity contribution < 1.29 is 23.5 Å². The van der Waals surface area contributed by atoms with Crippen LogP contribution in [0.3, 0.4) is 0 Å². The number of ether oxygens (including phenoxy) is 1. The fourth-order valence-electron chi connectivity index (χ4n) is 3.02. The number of esters is 1. The highest BCUT2D eigenvalue weighted by molar-refractivity contribution is 7.52. The fourth-order valence-corrected chi connectivity index (χ4v) is 3.84. The van der Waals surface area contributed by atoms with Crippen molar-refractivity contribution in [2.45, 2.75) is 6.10 Å². The maximum absolute atomic E-state index is 12.3. The first-order valence-corrected chi connectivity index (χ1v) is 10.2. The number of benzene rings is 2. The number of cyclic esters (lactones) is 1. The summed E-state index contributed by atoms with van der Waals surface area (Å²) in [5.74, 6) is -0.332. The minimum absolute atomic E-state index is 0.114. The molecule has 144 valence electrons. The lowest BCUT2D eigenvalue weighted by Gasteiger charge is -2.22. The molecule has 1 heterocycles. The molecule has 1 N–H and O–H groups in total. The van der Waals surface area contributed by atoms with Gasteiger partial charge in [0.15, 0.2) is 6.10 Å². The molecule has 0 fully saturated rings. The van der Waals surface area contributed by atoms with Gasteiger partial charge in [-0.15, -0.1) is 0 Å². The van der Waals surface area contributed by atoms with Gasteiger partial charge in [-0.25, -0.2) is 4.79 Å². The zero-order valence-electron chi connectivity index (χ0n) is 15.7. The Kier molecular flexibility index (Phi) is 5.29. The highest BCUT2D eigenvalue weighted by Gasteiger charge is 2.32. The second-order valence-electron chi connectivity index (χ2n) is 6.70. The van der Waals surface area contributed by atoms with Crippen LogP contribution in [0.25, 0.3) is 0 Å². The predicted molar refractivity (Wildman–Crippen MR) is 105 cm³/mol. The number of fused-ring (bicyclic) bond motifs is 1. The lowest BCUT2D eigenvalue weighted by atomic mass is 9.98. The number of anilines is 2. The molecule has 7 nitrogen and oxygen atoms in total. The highest BCUT2D eigenvalue weighted by Crippen LogP contribution is 2.42. The van der Waals surface area contributed by atoms with E-state index in [9.17, 15) is 14.3 Å². The lowest BCUT2D eigenvalue weighted by molar-refractivity contribution is 0.0456. The van der Waals surface area contributed by atoms with E-state index in [-0.39, 0.29) is 12.3 Å². The maximum Gasteiger partial charge on any atom is 0.346 e. The van der Waals surface area contributed by atoms with E-state index in [1.54, 1.807) is 11.9 Å². The number of carbonyl (C=O) groups excluding carboxylic acids is 1. The van der Waals surface area contributed by atoms with Crippen molar-refractivity contribution in [3.63, 3.8) is 0 Å². The molecule has 8 heteroatoms. The van der Waals surface area contributed by atoms with Crippen molar-refractivity contribution >= 4 is 24.9 Å². The largest absolute Gasteiger partial charge is 0.449 e. The van der Waals surface area contributed by atoms with Crippen molar-refractivity contribution in [3.05, 3.63) is 59.2 Å². The summed E-state index contributed by atoms with van der Waals surface area (Å²) in [7, 11) is 3.13. The van der Waals surface area contributed by atoms with Crippen molar-refractivity contribution in [1.82, 2.24) is 0 Å². The molecule has 0 spiro atoms. The van der Waals surface area contributed by atoms with Crippen molar-refractivity contribution in [3.8, 4) is 0 Å². The van der Waals surface area contributed by atoms with Gasteiger partial charge in [-0.2, -0.15) is 0 Å².